The first kappa shape index (κ1) is 12.2. The Kier molecular flexibility index (Phi) is 3.37. The molecule has 92 valence electrons. The quantitative estimate of drug-likeness (QED) is 0.776. The molecule has 0 N–H and O–H groups in total. The molecular weight excluding hydrogens is 228 g/mol. The molecule has 0 spiro atoms. The van der Waals surface area contributed by atoms with Crippen molar-refractivity contribution in [2.75, 3.05) is 0 Å². The fourth-order valence-corrected chi connectivity index (χ4v) is 1.64. The van der Waals surface area contributed by atoms with E-state index in [1.54, 1.807) is 6.92 Å². The number of carbonyl (C=O) groups excluding carboxylic acids is 1. The molecule has 18 heavy (non-hydrogen) atoms. The van der Waals surface area contributed by atoms with Gasteiger partial charge in [-0.05, 0) is 32.4 Å². The predicted molar refractivity (Wildman–Crippen MR) is 68.1 cm³/mol. The Morgan fingerprint density at radius 1 is 1.22 bits per heavy atom. The Labute approximate surface area is 106 Å². The lowest BCUT2D eigenvalue weighted by Crippen LogP contribution is -1.99. The average Bonchev–Trinajstić information content (AvgIpc) is 2.33. The second-order valence-corrected chi connectivity index (χ2v) is 4.17. The fraction of sp³-hybridized carbons (Fsp3) is 0.214. The van der Waals surface area contributed by atoms with Crippen LogP contribution in [0.25, 0.3) is 0 Å². The van der Waals surface area contributed by atoms with Crippen molar-refractivity contribution in [1.82, 2.24) is 9.97 Å². The van der Waals surface area contributed by atoms with Crippen molar-refractivity contribution in [2.24, 2.45) is 0 Å². The highest BCUT2D eigenvalue weighted by atomic mass is 16.5. The van der Waals surface area contributed by atoms with Gasteiger partial charge in [0.2, 0.25) is 5.88 Å². The lowest BCUT2D eigenvalue weighted by Gasteiger charge is -2.10. The molecule has 0 saturated heterocycles. The average molecular weight is 242 g/mol. The van der Waals surface area contributed by atoms with Gasteiger partial charge in [0.25, 0.3) is 0 Å². The van der Waals surface area contributed by atoms with E-state index in [4.69, 9.17) is 4.74 Å². The topological polar surface area (TPSA) is 52.1 Å². The third-order valence-electron chi connectivity index (χ3n) is 2.56. The summed E-state index contributed by atoms with van der Waals surface area (Å²) in [6.45, 7) is 5.73. The van der Waals surface area contributed by atoms with Crippen LogP contribution in [0.5, 0.6) is 11.6 Å². The molecule has 0 unspecified atom stereocenters. The number of carbonyl (C=O) groups is 1. The van der Waals surface area contributed by atoms with Gasteiger partial charge in [-0.15, -0.1) is 0 Å². The third-order valence-corrected chi connectivity index (χ3v) is 2.56. The Hall–Kier alpha value is -2.23. The third kappa shape index (κ3) is 2.53. The number of hydrogen-bond acceptors (Lipinski definition) is 4. The number of aryl methyl sites for hydroxylation is 3. The zero-order valence-electron chi connectivity index (χ0n) is 10.6. The molecule has 0 amide bonds. The van der Waals surface area contributed by atoms with Gasteiger partial charge >= 0.3 is 0 Å². The summed E-state index contributed by atoms with van der Waals surface area (Å²) in [6.07, 6.45) is 2.16. The summed E-state index contributed by atoms with van der Waals surface area (Å²) < 4.78 is 5.68. The minimum absolute atomic E-state index is 0.296. The Morgan fingerprint density at radius 3 is 2.67 bits per heavy atom. The van der Waals surface area contributed by atoms with Crippen LogP contribution in [0.15, 0.2) is 24.4 Å². The maximum absolute atomic E-state index is 10.9. The second kappa shape index (κ2) is 4.96. The molecular formula is C14H14N2O2. The highest BCUT2D eigenvalue weighted by Crippen LogP contribution is 2.25. The molecule has 2 rings (SSSR count). The van der Waals surface area contributed by atoms with Crippen molar-refractivity contribution in [3.05, 3.63) is 46.9 Å². The standard InChI is InChI=1S/C14H14N2O2/c1-9-4-5-13(10(2)6-9)18-14-12(8-17)7-15-11(3)16-14/h4-8H,1-3H3. The first-order valence-corrected chi connectivity index (χ1v) is 5.64. The van der Waals surface area contributed by atoms with E-state index in [1.807, 2.05) is 32.0 Å². The summed E-state index contributed by atoms with van der Waals surface area (Å²) in [5.74, 6) is 1.56. The maximum Gasteiger partial charge on any atom is 0.233 e. The van der Waals surface area contributed by atoms with Gasteiger partial charge in [0.1, 0.15) is 11.6 Å². The number of hydrogen-bond donors (Lipinski definition) is 0. The lowest BCUT2D eigenvalue weighted by molar-refractivity contribution is 0.112. The number of benzene rings is 1. The molecule has 4 nitrogen and oxygen atoms in total. The molecule has 0 aliphatic rings. The van der Waals surface area contributed by atoms with E-state index in [-0.39, 0.29) is 0 Å². The van der Waals surface area contributed by atoms with E-state index in [0.717, 1.165) is 11.1 Å². The van der Waals surface area contributed by atoms with Crippen LogP contribution in [-0.4, -0.2) is 16.3 Å². The summed E-state index contributed by atoms with van der Waals surface area (Å²) >= 11 is 0. The zero-order chi connectivity index (χ0) is 13.1. The van der Waals surface area contributed by atoms with E-state index in [0.29, 0.717) is 29.3 Å². The minimum atomic E-state index is 0.296. The van der Waals surface area contributed by atoms with Crippen LogP contribution in [0, 0.1) is 20.8 Å². The summed E-state index contributed by atoms with van der Waals surface area (Å²) in [4.78, 5) is 19.0. The Balaban J connectivity index is 2.39. The number of ether oxygens (including phenoxy) is 1. The van der Waals surface area contributed by atoms with Gasteiger partial charge in [0.15, 0.2) is 6.29 Å². The molecule has 0 aliphatic carbocycles. The van der Waals surface area contributed by atoms with Crippen molar-refractivity contribution in [3.8, 4) is 11.6 Å². The molecule has 0 bridgehead atoms. The normalized spacial score (nSPS) is 10.2. The minimum Gasteiger partial charge on any atom is -0.438 e. The van der Waals surface area contributed by atoms with Crippen LogP contribution < -0.4 is 4.74 Å². The second-order valence-electron chi connectivity index (χ2n) is 4.17. The highest BCUT2D eigenvalue weighted by Gasteiger charge is 2.09. The summed E-state index contributed by atoms with van der Waals surface area (Å²) in [5, 5.41) is 0. The van der Waals surface area contributed by atoms with E-state index in [2.05, 4.69) is 9.97 Å². The van der Waals surface area contributed by atoms with Crippen LogP contribution in [0.3, 0.4) is 0 Å². The van der Waals surface area contributed by atoms with E-state index < -0.39 is 0 Å². The first-order chi connectivity index (χ1) is 8.60. The van der Waals surface area contributed by atoms with E-state index in [9.17, 15) is 4.79 Å². The van der Waals surface area contributed by atoms with Crippen LogP contribution in [0.2, 0.25) is 0 Å². The van der Waals surface area contributed by atoms with E-state index in [1.165, 1.54) is 6.20 Å². The predicted octanol–water partition coefficient (Wildman–Crippen LogP) is 3.01. The summed E-state index contributed by atoms with van der Waals surface area (Å²) in [5.41, 5.74) is 2.51. The fourth-order valence-electron chi connectivity index (χ4n) is 1.64. The van der Waals surface area contributed by atoms with Crippen molar-refractivity contribution in [2.45, 2.75) is 20.8 Å². The molecule has 0 radical (unpaired) electrons. The molecule has 1 heterocycles. The van der Waals surface area contributed by atoms with Gasteiger partial charge in [-0.1, -0.05) is 17.7 Å². The molecule has 4 heteroatoms. The summed E-state index contributed by atoms with van der Waals surface area (Å²) in [6, 6.07) is 5.84. The Morgan fingerprint density at radius 2 is 2.00 bits per heavy atom. The number of nitrogens with zero attached hydrogens (tertiary/aromatic N) is 2. The van der Waals surface area contributed by atoms with Crippen LogP contribution in [0.1, 0.15) is 27.3 Å². The van der Waals surface area contributed by atoms with Gasteiger partial charge in [0, 0.05) is 6.20 Å². The van der Waals surface area contributed by atoms with Gasteiger partial charge < -0.3 is 4.74 Å². The molecule has 2 aromatic rings. The first-order valence-electron chi connectivity index (χ1n) is 5.64. The lowest BCUT2D eigenvalue weighted by atomic mass is 10.1. The highest BCUT2D eigenvalue weighted by molar-refractivity contribution is 5.77. The van der Waals surface area contributed by atoms with Gasteiger partial charge in [-0.2, -0.15) is 4.98 Å². The molecule has 0 atom stereocenters. The molecule has 1 aromatic carbocycles. The molecule has 0 fully saturated rings. The van der Waals surface area contributed by atoms with Crippen LogP contribution in [0.4, 0.5) is 0 Å². The monoisotopic (exact) mass is 242 g/mol. The van der Waals surface area contributed by atoms with Gasteiger partial charge in [-0.3, -0.25) is 4.79 Å². The maximum atomic E-state index is 10.9. The number of aromatic nitrogens is 2. The van der Waals surface area contributed by atoms with Crippen molar-refractivity contribution in [1.29, 1.82) is 0 Å². The molecule has 0 aliphatic heterocycles. The van der Waals surface area contributed by atoms with E-state index >= 15 is 0 Å². The summed E-state index contributed by atoms with van der Waals surface area (Å²) in [7, 11) is 0. The van der Waals surface area contributed by atoms with Crippen molar-refractivity contribution >= 4 is 6.29 Å². The smallest absolute Gasteiger partial charge is 0.233 e. The largest absolute Gasteiger partial charge is 0.438 e. The van der Waals surface area contributed by atoms with Crippen molar-refractivity contribution < 1.29 is 9.53 Å². The zero-order valence-corrected chi connectivity index (χ0v) is 10.6. The van der Waals surface area contributed by atoms with Crippen molar-refractivity contribution in [3.63, 3.8) is 0 Å². The SMILES string of the molecule is Cc1ccc(Oc2nc(C)ncc2C=O)c(C)c1. The Bertz CT molecular complexity index is 594. The van der Waals surface area contributed by atoms with Crippen LogP contribution >= 0.6 is 0 Å². The van der Waals surface area contributed by atoms with Crippen LogP contribution in [-0.2, 0) is 0 Å². The number of rotatable bonds is 3. The number of aldehydes is 1. The molecule has 0 saturated carbocycles. The van der Waals surface area contributed by atoms with Gasteiger partial charge in [0.05, 0.1) is 5.56 Å². The molecule has 1 aromatic heterocycles. The van der Waals surface area contributed by atoms with Gasteiger partial charge in [-0.25, -0.2) is 4.98 Å².